The summed E-state index contributed by atoms with van der Waals surface area (Å²) in [5.74, 6) is -0.435. The van der Waals surface area contributed by atoms with E-state index in [4.69, 9.17) is 9.47 Å². The van der Waals surface area contributed by atoms with E-state index in [1.165, 1.54) is 43.1 Å². The van der Waals surface area contributed by atoms with Gasteiger partial charge in [-0.1, -0.05) is 63.2 Å². The van der Waals surface area contributed by atoms with Crippen molar-refractivity contribution in [1.29, 1.82) is 0 Å². The zero-order chi connectivity index (χ0) is 29.2. The maximum atomic E-state index is 14.4. The summed E-state index contributed by atoms with van der Waals surface area (Å²) in [6.07, 6.45) is -10.2. The summed E-state index contributed by atoms with van der Waals surface area (Å²) in [5.41, 5.74) is -0.741. The number of halogens is 6. The summed E-state index contributed by atoms with van der Waals surface area (Å²) in [6, 6.07) is 13.5. The molecule has 0 saturated carbocycles. The molecule has 3 aromatic rings. The number of aromatic nitrogens is 1. The number of carbonyl (C=O) groups is 1. The highest BCUT2D eigenvalue weighted by Gasteiger charge is 2.41. The topological polar surface area (TPSA) is 43.7 Å². The van der Waals surface area contributed by atoms with Crippen LogP contribution in [-0.4, -0.2) is 41.9 Å². The van der Waals surface area contributed by atoms with Crippen molar-refractivity contribution in [3.05, 3.63) is 71.4 Å². The fourth-order valence-corrected chi connectivity index (χ4v) is 4.27. The van der Waals surface area contributed by atoms with Crippen molar-refractivity contribution in [2.45, 2.75) is 46.6 Å². The van der Waals surface area contributed by atoms with Crippen LogP contribution in [0.4, 0.5) is 31.1 Å². The van der Waals surface area contributed by atoms with Gasteiger partial charge in [0.15, 0.2) is 6.61 Å². The quantitative estimate of drug-likeness (QED) is 0.278. The molecule has 0 unspecified atom stereocenters. The summed E-state index contributed by atoms with van der Waals surface area (Å²) in [6.45, 7) is 5.48. The van der Waals surface area contributed by atoms with Gasteiger partial charge in [0.2, 0.25) is 5.88 Å². The highest BCUT2D eigenvalue weighted by Crippen LogP contribution is 2.45. The van der Waals surface area contributed by atoms with Gasteiger partial charge < -0.3 is 18.9 Å². The molecule has 0 fully saturated rings. The molecule has 212 valence electrons. The van der Waals surface area contributed by atoms with Gasteiger partial charge in [-0.15, -0.1) is 0 Å². The second-order valence-electron chi connectivity index (χ2n) is 10.4. The first kappa shape index (κ1) is 29.9. The molecule has 39 heavy (non-hydrogen) atoms. The van der Waals surface area contributed by atoms with Crippen molar-refractivity contribution in [1.82, 2.24) is 9.47 Å². The number of carbonyl (C=O) groups excluding carboxylic acids is 1. The Labute approximate surface area is 222 Å². The number of hydrogen-bond acceptors (Lipinski definition) is 3. The Bertz CT molecular complexity index is 1270. The third-order valence-corrected chi connectivity index (χ3v) is 5.66. The molecule has 0 aliphatic carbocycles. The van der Waals surface area contributed by atoms with Gasteiger partial charge in [0.25, 0.3) is 0 Å². The third-order valence-electron chi connectivity index (χ3n) is 5.66. The zero-order valence-electron chi connectivity index (χ0n) is 22.2. The van der Waals surface area contributed by atoms with Crippen molar-refractivity contribution >= 4 is 6.09 Å². The van der Waals surface area contributed by atoms with E-state index in [1.54, 1.807) is 30.3 Å². The van der Waals surface area contributed by atoms with E-state index in [9.17, 15) is 31.1 Å². The van der Waals surface area contributed by atoms with Crippen molar-refractivity contribution in [3.8, 4) is 22.8 Å². The van der Waals surface area contributed by atoms with Gasteiger partial charge in [-0.05, 0) is 41.2 Å². The molecule has 0 radical (unpaired) electrons. The molecular formula is C28H30F6N2O3. The van der Waals surface area contributed by atoms with Crippen molar-refractivity contribution in [3.63, 3.8) is 0 Å². The molecule has 0 spiro atoms. The van der Waals surface area contributed by atoms with E-state index in [0.29, 0.717) is 5.56 Å². The predicted octanol–water partition coefficient (Wildman–Crippen LogP) is 7.95. The number of ether oxygens (including phenoxy) is 2. The van der Waals surface area contributed by atoms with Crippen LogP contribution < -0.4 is 9.47 Å². The van der Waals surface area contributed by atoms with Gasteiger partial charge >= 0.3 is 18.4 Å². The van der Waals surface area contributed by atoms with Crippen molar-refractivity contribution in [2.75, 3.05) is 20.2 Å². The second kappa shape index (κ2) is 11.2. The standard InChI is InChI=1S/C28H30F6N2O3/c1-18-22(20-11-13-21(14-12-20)38-17-27(29,30)31)24(39-25(37)35(5)16-26(2,3)4)36(23(18)28(32,33)34)15-19-9-7-6-8-10-19/h6-14H,15-17H2,1-5H3. The number of nitrogens with zero attached hydrogens (tertiary/aromatic N) is 2. The third kappa shape index (κ3) is 7.93. The Hall–Kier alpha value is -3.63. The lowest BCUT2D eigenvalue weighted by molar-refractivity contribution is -0.153. The molecular weight excluding hydrogens is 526 g/mol. The first-order valence-electron chi connectivity index (χ1n) is 12.0. The van der Waals surface area contributed by atoms with E-state index in [-0.39, 0.29) is 46.8 Å². The molecule has 1 amide bonds. The first-order chi connectivity index (χ1) is 18.0. The number of benzene rings is 2. The SMILES string of the molecule is Cc1c(-c2ccc(OCC(F)(F)F)cc2)c(OC(=O)N(C)CC(C)(C)C)n(Cc2ccccc2)c1C(F)(F)F. The number of rotatable bonds is 7. The van der Waals surface area contributed by atoms with Gasteiger partial charge in [-0.25, -0.2) is 4.79 Å². The summed E-state index contributed by atoms with van der Waals surface area (Å²) in [5, 5.41) is 0. The Morgan fingerprint density at radius 1 is 0.923 bits per heavy atom. The molecule has 0 atom stereocenters. The van der Waals surface area contributed by atoms with E-state index in [0.717, 1.165) is 4.57 Å². The minimum Gasteiger partial charge on any atom is -0.484 e. The average molecular weight is 557 g/mol. The lowest BCUT2D eigenvalue weighted by atomic mass is 9.96. The molecule has 0 saturated heterocycles. The molecule has 3 rings (SSSR count). The lowest BCUT2D eigenvalue weighted by Crippen LogP contribution is -2.36. The van der Waals surface area contributed by atoms with Crippen LogP contribution in [0.15, 0.2) is 54.6 Å². The van der Waals surface area contributed by atoms with E-state index in [2.05, 4.69) is 0 Å². The van der Waals surface area contributed by atoms with Gasteiger partial charge in [-0.2, -0.15) is 26.3 Å². The smallest absolute Gasteiger partial charge is 0.431 e. The predicted molar refractivity (Wildman–Crippen MR) is 135 cm³/mol. The fourth-order valence-electron chi connectivity index (χ4n) is 4.27. The molecule has 1 aromatic heterocycles. The maximum Gasteiger partial charge on any atom is 0.431 e. The van der Waals surface area contributed by atoms with Gasteiger partial charge in [0.05, 0.1) is 6.54 Å². The number of alkyl halides is 6. The average Bonchev–Trinajstić information content (AvgIpc) is 3.08. The Balaban J connectivity index is 2.15. The van der Waals surface area contributed by atoms with Crippen LogP contribution in [0.1, 0.15) is 37.6 Å². The summed E-state index contributed by atoms with van der Waals surface area (Å²) < 4.78 is 92.1. The minimum absolute atomic E-state index is 0.00173. The van der Waals surface area contributed by atoms with Crippen LogP contribution in [0, 0.1) is 12.3 Å². The maximum absolute atomic E-state index is 14.4. The second-order valence-corrected chi connectivity index (χ2v) is 10.4. The van der Waals surface area contributed by atoms with Gasteiger partial charge in [0.1, 0.15) is 11.4 Å². The fraction of sp³-hybridized carbons (Fsp3) is 0.393. The van der Waals surface area contributed by atoms with E-state index in [1.807, 2.05) is 20.8 Å². The molecule has 5 nitrogen and oxygen atoms in total. The van der Waals surface area contributed by atoms with Crippen LogP contribution in [0.2, 0.25) is 0 Å². The van der Waals surface area contributed by atoms with Crippen molar-refractivity contribution < 1.29 is 40.6 Å². The summed E-state index contributed by atoms with van der Waals surface area (Å²) in [4.78, 5) is 14.3. The molecule has 1 heterocycles. The van der Waals surface area contributed by atoms with Crippen LogP contribution >= 0.6 is 0 Å². The Morgan fingerprint density at radius 2 is 1.51 bits per heavy atom. The van der Waals surface area contributed by atoms with Gasteiger partial charge in [0, 0.05) is 19.2 Å². The van der Waals surface area contributed by atoms with Crippen LogP contribution in [0.25, 0.3) is 11.1 Å². The molecule has 0 aliphatic rings. The van der Waals surface area contributed by atoms with Crippen molar-refractivity contribution in [2.24, 2.45) is 5.41 Å². The summed E-state index contributed by atoms with van der Waals surface area (Å²) in [7, 11) is 1.49. The number of hydrogen-bond donors (Lipinski definition) is 0. The lowest BCUT2D eigenvalue weighted by Gasteiger charge is -2.26. The van der Waals surface area contributed by atoms with Gasteiger partial charge in [-0.3, -0.25) is 0 Å². The Morgan fingerprint density at radius 3 is 2.03 bits per heavy atom. The van der Waals surface area contributed by atoms with E-state index >= 15 is 0 Å². The van der Waals surface area contributed by atoms with Crippen LogP contribution in [0.3, 0.4) is 0 Å². The Kier molecular flexibility index (Phi) is 8.62. The molecule has 2 aromatic carbocycles. The van der Waals surface area contributed by atoms with Crippen LogP contribution in [-0.2, 0) is 12.7 Å². The highest BCUT2D eigenvalue weighted by atomic mass is 19.4. The zero-order valence-corrected chi connectivity index (χ0v) is 22.2. The monoisotopic (exact) mass is 556 g/mol. The minimum atomic E-state index is -4.80. The normalized spacial score (nSPS) is 12.4. The molecule has 11 heteroatoms. The van der Waals surface area contributed by atoms with Crippen LogP contribution in [0.5, 0.6) is 11.6 Å². The highest BCUT2D eigenvalue weighted by molar-refractivity contribution is 5.80. The first-order valence-corrected chi connectivity index (χ1v) is 12.0. The van der Waals surface area contributed by atoms with E-state index < -0.39 is 30.7 Å². The molecule has 0 aliphatic heterocycles. The number of amides is 1. The largest absolute Gasteiger partial charge is 0.484 e. The molecule has 0 bridgehead atoms. The molecule has 0 N–H and O–H groups in total. The summed E-state index contributed by atoms with van der Waals surface area (Å²) >= 11 is 0.